The van der Waals surface area contributed by atoms with Crippen LogP contribution in [0.5, 0.6) is 0 Å². The van der Waals surface area contributed by atoms with Crippen LogP contribution >= 0.6 is 15.9 Å². The Hall–Kier alpha value is -1.62. The van der Waals surface area contributed by atoms with E-state index >= 15 is 0 Å². The van der Waals surface area contributed by atoms with Gasteiger partial charge in [0.2, 0.25) is 0 Å². The lowest BCUT2D eigenvalue weighted by atomic mass is 9.79. The van der Waals surface area contributed by atoms with Crippen molar-refractivity contribution in [3.8, 4) is 0 Å². The summed E-state index contributed by atoms with van der Waals surface area (Å²) in [6.07, 6.45) is 2.62. The molecule has 0 saturated carbocycles. The van der Waals surface area contributed by atoms with Gasteiger partial charge in [-0.25, -0.2) is 4.68 Å². The van der Waals surface area contributed by atoms with E-state index in [9.17, 15) is 4.79 Å². The molecule has 22 heavy (non-hydrogen) atoms. The highest BCUT2D eigenvalue weighted by Crippen LogP contribution is 2.29. The molecular formula is C17H22BrN3O. The van der Waals surface area contributed by atoms with Gasteiger partial charge in [0.15, 0.2) is 0 Å². The highest BCUT2D eigenvalue weighted by molar-refractivity contribution is 9.10. The van der Waals surface area contributed by atoms with E-state index in [0.29, 0.717) is 4.47 Å². The van der Waals surface area contributed by atoms with Crippen molar-refractivity contribution >= 4 is 21.6 Å². The average molecular weight is 364 g/mol. The molecule has 1 unspecified atom stereocenters. The van der Waals surface area contributed by atoms with Crippen LogP contribution in [0.25, 0.3) is 0 Å². The Labute approximate surface area is 139 Å². The Bertz CT molecular complexity index is 695. The molecule has 0 spiro atoms. The van der Waals surface area contributed by atoms with Crippen molar-refractivity contribution in [2.75, 3.05) is 5.32 Å². The SMILES string of the molecule is CC(CC(C)(C)c1ccccc1)Nc1cnn(C)c(=O)c1Br. The summed E-state index contributed by atoms with van der Waals surface area (Å²) in [6, 6.07) is 10.7. The van der Waals surface area contributed by atoms with E-state index in [0.717, 1.165) is 12.1 Å². The smallest absolute Gasteiger partial charge is 0.282 e. The number of anilines is 1. The third-order valence-electron chi connectivity index (χ3n) is 3.85. The quantitative estimate of drug-likeness (QED) is 0.880. The Morgan fingerprint density at radius 2 is 1.95 bits per heavy atom. The van der Waals surface area contributed by atoms with Gasteiger partial charge in [-0.3, -0.25) is 4.79 Å². The number of rotatable bonds is 5. The van der Waals surface area contributed by atoms with Crippen LogP contribution in [-0.4, -0.2) is 15.8 Å². The van der Waals surface area contributed by atoms with Crippen molar-refractivity contribution in [1.82, 2.24) is 9.78 Å². The third kappa shape index (κ3) is 3.77. The average Bonchev–Trinajstić information content (AvgIpc) is 2.48. The summed E-state index contributed by atoms with van der Waals surface area (Å²) >= 11 is 3.35. The van der Waals surface area contributed by atoms with Crippen LogP contribution in [0.15, 0.2) is 45.8 Å². The van der Waals surface area contributed by atoms with Gasteiger partial charge in [0, 0.05) is 13.1 Å². The molecule has 118 valence electrons. The number of benzene rings is 1. The zero-order valence-electron chi connectivity index (χ0n) is 13.4. The summed E-state index contributed by atoms with van der Waals surface area (Å²) in [4.78, 5) is 11.9. The number of hydrogen-bond donors (Lipinski definition) is 1. The Morgan fingerprint density at radius 3 is 2.59 bits per heavy atom. The highest BCUT2D eigenvalue weighted by atomic mass is 79.9. The lowest BCUT2D eigenvalue weighted by Crippen LogP contribution is -2.29. The molecule has 0 bridgehead atoms. The number of hydrogen-bond acceptors (Lipinski definition) is 3. The van der Waals surface area contributed by atoms with Gasteiger partial charge < -0.3 is 5.32 Å². The summed E-state index contributed by atoms with van der Waals surface area (Å²) in [5.41, 5.74) is 1.96. The first-order valence-corrected chi connectivity index (χ1v) is 8.14. The molecule has 0 aliphatic heterocycles. The second kappa shape index (κ2) is 6.65. The first-order valence-electron chi connectivity index (χ1n) is 7.35. The minimum absolute atomic E-state index is 0.0489. The van der Waals surface area contributed by atoms with Crippen LogP contribution in [0.1, 0.15) is 32.8 Å². The maximum absolute atomic E-state index is 11.9. The molecule has 1 aromatic heterocycles. The second-order valence-corrected chi connectivity index (χ2v) is 7.09. The standard InChI is InChI=1S/C17H22BrN3O/c1-12(10-17(2,3)13-8-6-5-7-9-13)20-14-11-19-21(4)16(22)15(14)18/h5-9,11-12,20H,10H2,1-4H3. The number of aromatic nitrogens is 2. The van der Waals surface area contributed by atoms with Crippen LogP contribution in [0, 0.1) is 0 Å². The second-order valence-electron chi connectivity index (χ2n) is 6.30. The Kier molecular flexibility index (Phi) is 5.06. The zero-order valence-corrected chi connectivity index (χ0v) is 15.0. The van der Waals surface area contributed by atoms with Crippen LogP contribution in [0.2, 0.25) is 0 Å². The van der Waals surface area contributed by atoms with Crippen LogP contribution in [-0.2, 0) is 12.5 Å². The summed E-state index contributed by atoms with van der Waals surface area (Å²) in [5.74, 6) is 0. The van der Waals surface area contributed by atoms with Crippen molar-refractivity contribution in [3.05, 3.63) is 56.9 Å². The minimum atomic E-state index is -0.139. The van der Waals surface area contributed by atoms with Gasteiger partial charge in [0.25, 0.3) is 5.56 Å². The molecule has 4 nitrogen and oxygen atoms in total. The van der Waals surface area contributed by atoms with Crippen molar-refractivity contribution in [1.29, 1.82) is 0 Å². The fourth-order valence-electron chi connectivity index (χ4n) is 2.70. The van der Waals surface area contributed by atoms with Gasteiger partial charge >= 0.3 is 0 Å². The number of nitrogens with one attached hydrogen (secondary N) is 1. The third-order valence-corrected chi connectivity index (χ3v) is 4.62. The van der Waals surface area contributed by atoms with Crippen LogP contribution < -0.4 is 10.9 Å². The summed E-state index contributed by atoms with van der Waals surface area (Å²) in [7, 11) is 1.64. The Morgan fingerprint density at radius 1 is 1.32 bits per heavy atom. The predicted octanol–water partition coefficient (Wildman–Crippen LogP) is 3.71. The normalized spacial score (nSPS) is 13.0. The van der Waals surface area contributed by atoms with E-state index in [1.807, 2.05) is 6.07 Å². The largest absolute Gasteiger partial charge is 0.380 e. The molecule has 1 N–H and O–H groups in total. The van der Waals surface area contributed by atoms with Gasteiger partial charge in [-0.1, -0.05) is 44.2 Å². The molecule has 0 aliphatic rings. The van der Waals surface area contributed by atoms with Crippen LogP contribution in [0.4, 0.5) is 5.69 Å². The van der Waals surface area contributed by atoms with Gasteiger partial charge in [-0.15, -0.1) is 0 Å². The molecule has 0 radical (unpaired) electrons. The molecule has 2 aromatic rings. The summed E-state index contributed by atoms with van der Waals surface area (Å²) < 4.78 is 1.84. The zero-order chi connectivity index (χ0) is 16.3. The first-order chi connectivity index (χ1) is 10.3. The number of halogens is 1. The lowest BCUT2D eigenvalue weighted by Gasteiger charge is -2.29. The molecule has 2 rings (SSSR count). The van der Waals surface area contributed by atoms with Crippen molar-refractivity contribution in [2.45, 2.75) is 38.6 Å². The molecular weight excluding hydrogens is 342 g/mol. The maximum atomic E-state index is 11.9. The lowest BCUT2D eigenvalue weighted by molar-refractivity contribution is 0.450. The van der Waals surface area contributed by atoms with Crippen molar-refractivity contribution in [3.63, 3.8) is 0 Å². The maximum Gasteiger partial charge on any atom is 0.282 e. The van der Waals surface area contributed by atoms with Crippen LogP contribution in [0.3, 0.4) is 0 Å². The van der Waals surface area contributed by atoms with Crippen molar-refractivity contribution < 1.29 is 0 Å². The molecule has 1 heterocycles. The molecule has 0 saturated heterocycles. The highest BCUT2D eigenvalue weighted by Gasteiger charge is 2.23. The number of aryl methyl sites for hydroxylation is 1. The Balaban J connectivity index is 2.12. The van der Waals surface area contributed by atoms with Gasteiger partial charge in [-0.2, -0.15) is 5.10 Å². The van der Waals surface area contributed by atoms with Gasteiger partial charge in [0.05, 0.1) is 11.9 Å². The van der Waals surface area contributed by atoms with Gasteiger partial charge in [0.1, 0.15) is 4.47 Å². The molecule has 0 fully saturated rings. The van der Waals surface area contributed by atoms with E-state index in [1.54, 1.807) is 13.2 Å². The summed E-state index contributed by atoms with van der Waals surface area (Å²) in [6.45, 7) is 6.59. The van der Waals surface area contributed by atoms with Gasteiger partial charge in [-0.05, 0) is 40.3 Å². The first kappa shape index (κ1) is 16.7. The van der Waals surface area contributed by atoms with E-state index in [-0.39, 0.29) is 17.0 Å². The fraction of sp³-hybridized carbons (Fsp3) is 0.412. The van der Waals surface area contributed by atoms with E-state index in [4.69, 9.17) is 0 Å². The fourth-order valence-corrected chi connectivity index (χ4v) is 3.17. The molecule has 0 amide bonds. The van der Waals surface area contributed by atoms with E-state index in [2.05, 4.69) is 71.4 Å². The minimum Gasteiger partial charge on any atom is -0.380 e. The van der Waals surface area contributed by atoms with Crippen molar-refractivity contribution in [2.24, 2.45) is 7.05 Å². The topological polar surface area (TPSA) is 46.9 Å². The molecule has 1 atom stereocenters. The predicted molar refractivity (Wildman–Crippen MR) is 94.3 cm³/mol. The van der Waals surface area contributed by atoms with E-state index < -0.39 is 0 Å². The molecule has 1 aromatic carbocycles. The molecule has 0 aliphatic carbocycles. The number of nitrogens with zero attached hydrogens (tertiary/aromatic N) is 2. The molecule has 5 heteroatoms. The van der Waals surface area contributed by atoms with E-state index in [1.165, 1.54) is 10.2 Å². The summed E-state index contributed by atoms with van der Waals surface area (Å²) in [5, 5.41) is 7.44. The monoisotopic (exact) mass is 363 g/mol.